The summed E-state index contributed by atoms with van der Waals surface area (Å²) >= 11 is 0. The summed E-state index contributed by atoms with van der Waals surface area (Å²) < 4.78 is 37.4. The third-order valence-corrected chi connectivity index (χ3v) is 2.57. The third-order valence-electron chi connectivity index (χ3n) is 2.57. The normalized spacial score (nSPS) is 10.3. The lowest BCUT2D eigenvalue weighted by Crippen LogP contribution is -2.03. The van der Waals surface area contributed by atoms with Gasteiger partial charge in [0.1, 0.15) is 0 Å². The Morgan fingerprint density at radius 2 is 1.68 bits per heavy atom. The van der Waals surface area contributed by atoms with Crippen LogP contribution < -0.4 is 9.47 Å². The van der Waals surface area contributed by atoms with Crippen molar-refractivity contribution >= 4 is 0 Å². The van der Waals surface area contributed by atoms with E-state index < -0.39 is 11.6 Å². The van der Waals surface area contributed by atoms with Crippen molar-refractivity contribution < 1.29 is 18.3 Å². The molecule has 0 saturated carbocycles. The fourth-order valence-corrected chi connectivity index (χ4v) is 1.60. The standard InChI is InChI=1S/C15H20F2O2/c1-4-18-12-8-9-13(15(17)14(12)16)19-10-6-5-7-11(2)3/h8-9H,2,4-7,10H2,1,3H3. The maximum Gasteiger partial charge on any atom is 0.204 e. The van der Waals surface area contributed by atoms with Gasteiger partial charge >= 0.3 is 0 Å². The molecule has 1 aromatic carbocycles. The number of hydrogen-bond acceptors (Lipinski definition) is 2. The van der Waals surface area contributed by atoms with Gasteiger partial charge in [0.25, 0.3) is 0 Å². The highest BCUT2D eigenvalue weighted by Crippen LogP contribution is 2.27. The topological polar surface area (TPSA) is 18.5 Å². The van der Waals surface area contributed by atoms with Gasteiger partial charge in [0.15, 0.2) is 11.5 Å². The smallest absolute Gasteiger partial charge is 0.204 e. The molecular formula is C15H20F2O2. The first-order valence-electron chi connectivity index (χ1n) is 6.44. The van der Waals surface area contributed by atoms with Gasteiger partial charge < -0.3 is 9.47 Å². The minimum Gasteiger partial charge on any atom is -0.491 e. The minimum atomic E-state index is -0.999. The highest BCUT2D eigenvalue weighted by molar-refractivity contribution is 5.34. The van der Waals surface area contributed by atoms with Crippen molar-refractivity contribution in [2.24, 2.45) is 0 Å². The van der Waals surface area contributed by atoms with E-state index in [2.05, 4.69) is 6.58 Å². The van der Waals surface area contributed by atoms with E-state index >= 15 is 0 Å². The van der Waals surface area contributed by atoms with Crippen molar-refractivity contribution in [1.29, 1.82) is 0 Å². The number of allylic oxidation sites excluding steroid dienone is 1. The largest absolute Gasteiger partial charge is 0.491 e. The van der Waals surface area contributed by atoms with Gasteiger partial charge in [0, 0.05) is 0 Å². The van der Waals surface area contributed by atoms with Crippen LogP contribution in [0.3, 0.4) is 0 Å². The molecule has 0 aliphatic carbocycles. The van der Waals surface area contributed by atoms with E-state index in [0.717, 1.165) is 24.8 Å². The molecule has 0 atom stereocenters. The second-order valence-electron chi connectivity index (χ2n) is 4.39. The van der Waals surface area contributed by atoms with Gasteiger partial charge in [-0.1, -0.05) is 5.57 Å². The number of unbranched alkanes of at least 4 members (excludes halogenated alkanes) is 1. The van der Waals surface area contributed by atoms with Crippen LogP contribution in [0.5, 0.6) is 11.5 Å². The molecule has 0 saturated heterocycles. The molecule has 0 amide bonds. The van der Waals surface area contributed by atoms with Gasteiger partial charge in [-0.3, -0.25) is 0 Å². The van der Waals surface area contributed by atoms with E-state index in [9.17, 15) is 8.78 Å². The fourth-order valence-electron chi connectivity index (χ4n) is 1.60. The fraction of sp³-hybridized carbons (Fsp3) is 0.467. The van der Waals surface area contributed by atoms with E-state index in [1.54, 1.807) is 6.92 Å². The van der Waals surface area contributed by atoms with Gasteiger partial charge in [0.2, 0.25) is 11.6 Å². The number of ether oxygens (including phenoxy) is 2. The predicted octanol–water partition coefficient (Wildman–Crippen LogP) is 4.49. The molecular weight excluding hydrogens is 250 g/mol. The molecule has 1 aromatic rings. The van der Waals surface area contributed by atoms with Crippen molar-refractivity contribution in [2.45, 2.75) is 33.1 Å². The maximum absolute atomic E-state index is 13.6. The average molecular weight is 270 g/mol. The Hall–Kier alpha value is -1.58. The first-order valence-corrected chi connectivity index (χ1v) is 6.44. The molecule has 0 aromatic heterocycles. The van der Waals surface area contributed by atoms with Crippen LogP contribution >= 0.6 is 0 Å². The summed E-state index contributed by atoms with van der Waals surface area (Å²) in [5.74, 6) is -2.15. The summed E-state index contributed by atoms with van der Waals surface area (Å²) in [6.07, 6.45) is 2.63. The lowest BCUT2D eigenvalue weighted by molar-refractivity contribution is 0.276. The molecule has 0 bridgehead atoms. The van der Waals surface area contributed by atoms with Crippen molar-refractivity contribution in [3.63, 3.8) is 0 Å². The highest BCUT2D eigenvalue weighted by atomic mass is 19.2. The molecule has 4 heteroatoms. The number of rotatable bonds is 8. The summed E-state index contributed by atoms with van der Waals surface area (Å²) in [6.45, 7) is 8.12. The van der Waals surface area contributed by atoms with Crippen molar-refractivity contribution in [1.82, 2.24) is 0 Å². The first kappa shape index (κ1) is 15.5. The van der Waals surface area contributed by atoms with Crippen LogP contribution in [-0.2, 0) is 0 Å². The molecule has 2 nitrogen and oxygen atoms in total. The van der Waals surface area contributed by atoms with Gasteiger partial charge in [-0.05, 0) is 45.2 Å². The van der Waals surface area contributed by atoms with Gasteiger partial charge in [-0.25, -0.2) is 0 Å². The van der Waals surface area contributed by atoms with Crippen molar-refractivity contribution in [3.8, 4) is 11.5 Å². The summed E-state index contributed by atoms with van der Waals surface area (Å²) in [6, 6.07) is 2.77. The Morgan fingerprint density at radius 3 is 2.21 bits per heavy atom. The number of halogens is 2. The van der Waals surface area contributed by atoms with Gasteiger partial charge in [-0.15, -0.1) is 6.58 Å². The predicted molar refractivity (Wildman–Crippen MR) is 71.7 cm³/mol. The summed E-state index contributed by atoms with van der Waals surface area (Å²) in [5, 5.41) is 0. The molecule has 106 valence electrons. The molecule has 0 N–H and O–H groups in total. The lowest BCUT2D eigenvalue weighted by Gasteiger charge is -2.10. The molecule has 0 spiro atoms. The van der Waals surface area contributed by atoms with E-state index in [1.165, 1.54) is 12.1 Å². The average Bonchev–Trinajstić information content (AvgIpc) is 2.37. The second kappa shape index (κ2) is 7.77. The van der Waals surface area contributed by atoms with Crippen LogP contribution in [-0.4, -0.2) is 13.2 Å². The molecule has 0 fully saturated rings. The summed E-state index contributed by atoms with van der Waals surface area (Å²) in [5.41, 5.74) is 1.11. The van der Waals surface area contributed by atoms with Crippen molar-refractivity contribution in [3.05, 3.63) is 35.9 Å². The van der Waals surface area contributed by atoms with Crippen LogP contribution in [0.1, 0.15) is 33.1 Å². The Bertz CT molecular complexity index is 430. The Labute approximate surface area is 113 Å². The SMILES string of the molecule is C=C(C)CCCCOc1ccc(OCC)c(F)c1F. The maximum atomic E-state index is 13.6. The van der Waals surface area contributed by atoms with Crippen LogP contribution in [0.2, 0.25) is 0 Å². The van der Waals surface area contributed by atoms with Crippen LogP contribution in [0, 0.1) is 11.6 Å². The zero-order valence-corrected chi connectivity index (χ0v) is 11.5. The van der Waals surface area contributed by atoms with E-state index in [1.807, 2.05) is 6.92 Å². The Balaban J connectivity index is 2.50. The Morgan fingerprint density at radius 1 is 1.11 bits per heavy atom. The Kier molecular flexibility index (Phi) is 6.33. The first-order chi connectivity index (χ1) is 9.06. The molecule has 0 aliphatic rings. The van der Waals surface area contributed by atoms with Crippen LogP contribution in [0.25, 0.3) is 0 Å². The van der Waals surface area contributed by atoms with E-state index in [4.69, 9.17) is 9.47 Å². The quantitative estimate of drug-likeness (QED) is 0.512. The van der Waals surface area contributed by atoms with Gasteiger partial charge in [-0.2, -0.15) is 8.78 Å². The lowest BCUT2D eigenvalue weighted by atomic mass is 10.1. The number of hydrogen-bond donors (Lipinski definition) is 0. The zero-order chi connectivity index (χ0) is 14.3. The minimum absolute atomic E-state index is 0.0729. The van der Waals surface area contributed by atoms with Crippen LogP contribution in [0.4, 0.5) is 8.78 Å². The summed E-state index contributed by atoms with van der Waals surface area (Å²) in [7, 11) is 0. The second-order valence-corrected chi connectivity index (χ2v) is 4.39. The number of benzene rings is 1. The molecule has 1 rings (SSSR count). The highest BCUT2D eigenvalue weighted by Gasteiger charge is 2.15. The molecule has 0 radical (unpaired) electrons. The van der Waals surface area contributed by atoms with Gasteiger partial charge in [0.05, 0.1) is 13.2 Å². The third kappa shape index (κ3) is 4.89. The summed E-state index contributed by atoms with van der Waals surface area (Å²) in [4.78, 5) is 0. The van der Waals surface area contributed by atoms with E-state index in [-0.39, 0.29) is 18.1 Å². The van der Waals surface area contributed by atoms with Crippen molar-refractivity contribution in [2.75, 3.05) is 13.2 Å². The zero-order valence-electron chi connectivity index (χ0n) is 11.5. The van der Waals surface area contributed by atoms with Crippen LogP contribution in [0.15, 0.2) is 24.3 Å². The molecule has 0 aliphatic heterocycles. The molecule has 0 heterocycles. The monoisotopic (exact) mass is 270 g/mol. The van der Waals surface area contributed by atoms with E-state index in [0.29, 0.717) is 6.61 Å². The molecule has 0 unspecified atom stereocenters. The molecule has 19 heavy (non-hydrogen) atoms.